The van der Waals surface area contributed by atoms with Crippen LogP contribution in [-0.4, -0.2) is 7.02 Å². The maximum absolute atomic E-state index is 2.40. The average Bonchev–Trinajstić information content (AvgIpc) is 1.61. The third-order valence-electron chi connectivity index (χ3n) is 0.245. The number of rotatable bonds is 3. The highest BCUT2D eigenvalue weighted by Gasteiger charge is 1.92. The standard InChI is InChI=1S/C3H6I2S2/c1-3(5)7-6-2-4/h3H,2H2,1H3. The van der Waals surface area contributed by atoms with E-state index in [1.165, 1.54) is 3.76 Å². The first-order chi connectivity index (χ1) is 3.27. The first-order valence-corrected chi connectivity index (χ1v) is 6.91. The Hall–Kier alpha value is 2.16. The van der Waals surface area contributed by atoms with Gasteiger partial charge in [0.05, 0.1) is 7.02 Å². The third-order valence-corrected chi connectivity index (χ3v) is 6.36. The Kier molecular flexibility index (Phi) is 8.22. The highest BCUT2D eigenvalue weighted by Crippen LogP contribution is 2.31. The molecule has 0 heterocycles. The zero-order chi connectivity index (χ0) is 5.70. The summed E-state index contributed by atoms with van der Waals surface area (Å²) in [6, 6.07) is 0. The van der Waals surface area contributed by atoms with Gasteiger partial charge in [-0.05, 0) is 6.92 Å². The van der Waals surface area contributed by atoms with Gasteiger partial charge >= 0.3 is 0 Å². The molecular formula is C3H6I2S2. The van der Waals surface area contributed by atoms with Crippen LogP contribution in [0.5, 0.6) is 0 Å². The number of alkyl halides is 2. The van der Waals surface area contributed by atoms with E-state index in [-0.39, 0.29) is 0 Å². The Morgan fingerprint density at radius 2 is 2.29 bits per heavy atom. The molecule has 1 atom stereocenters. The minimum atomic E-state index is 0.748. The summed E-state index contributed by atoms with van der Waals surface area (Å²) >= 11 is 4.76. The molecule has 0 radical (unpaired) electrons. The Morgan fingerprint density at radius 3 is 2.43 bits per heavy atom. The van der Waals surface area contributed by atoms with Crippen molar-refractivity contribution in [2.24, 2.45) is 0 Å². The molecular weight excluding hydrogens is 354 g/mol. The summed E-state index contributed by atoms with van der Waals surface area (Å²) in [4.78, 5) is 0. The second-order valence-corrected chi connectivity index (χ2v) is 8.09. The molecule has 0 saturated heterocycles. The summed E-state index contributed by atoms with van der Waals surface area (Å²) in [6.45, 7) is 2.20. The molecule has 7 heavy (non-hydrogen) atoms. The fourth-order valence-corrected chi connectivity index (χ4v) is 3.72. The summed E-state index contributed by atoms with van der Waals surface area (Å²) < 4.78 is 1.94. The smallest absolute Gasteiger partial charge is 0.0640 e. The first kappa shape index (κ1) is 9.16. The summed E-state index contributed by atoms with van der Waals surface area (Å²) in [7, 11) is 3.84. The van der Waals surface area contributed by atoms with Gasteiger partial charge in [-0.1, -0.05) is 66.8 Å². The van der Waals surface area contributed by atoms with Gasteiger partial charge in [0.2, 0.25) is 0 Å². The van der Waals surface area contributed by atoms with Crippen molar-refractivity contribution in [2.75, 3.05) is 3.76 Å². The van der Waals surface area contributed by atoms with Crippen molar-refractivity contribution >= 4 is 66.8 Å². The quantitative estimate of drug-likeness (QED) is 0.429. The summed E-state index contributed by atoms with van der Waals surface area (Å²) in [5, 5.41) is 0. The highest BCUT2D eigenvalue weighted by molar-refractivity contribution is 14.1. The van der Waals surface area contributed by atoms with Crippen molar-refractivity contribution in [3.05, 3.63) is 0 Å². The molecule has 0 aliphatic rings. The Balaban J connectivity index is 2.68. The normalized spacial score (nSPS) is 14.1. The van der Waals surface area contributed by atoms with Gasteiger partial charge in [-0.15, -0.1) is 0 Å². The lowest BCUT2D eigenvalue weighted by Gasteiger charge is -1.95. The van der Waals surface area contributed by atoms with Crippen molar-refractivity contribution in [1.29, 1.82) is 0 Å². The molecule has 0 nitrogen and oxygen atoms in total. The largest absolute Gasteiger partial charge is 0.0824 e. The van der Waals surface area contributed by atoms with Crippen molar-refractivity contribution in [3.8, 4) is 0 Å². The molecule has 0 saturated carbocycles. The van der Waals surface area contributed by atoms with Crippen LogP contribution in [0.15, 0.2) is 0 Å². The first-order valence-electron chi connectivity index (χ1n) is 1.75. The second-order valence-electron chi connectivity index (χ2n) is 0.866. The van der Waals surface area contributed by atoms with E-state index in [9.17, 15) is 0 Å². The van der Waals surface area contributed by atoms with E-state index in [0.717, 1.165) is 3.26 Å². The van der Waals surface area contributed by atoms with Crippen LogP contribution in [0.1, 0.15) is 6.92 Å². The predicted octanol–water partition coefficient (Wildman–Crippen LogP) is 3.54. The number of hydrogen-bond donors (Lipinski definition) is 0. The fraction of sp³-hybridized carbons (Fsp3) is 1.00. The van der Waals surface area contributed by atoms with Gasteiger partial charge in [0.25, 0.3) is 0 Å². The lowest BCUT2D eigenvalue weighted by atomic mass is 11.0. The van der Waals surface area contributed by atoms with E-state index in [1.807, 2.05) is 21.6 Å². The monoisotopic (exact) mass is 360 g/mol. The molecule has 1 unspecified atom stereocenters. The van der Waals surface area contributed by atoms with E-state index in [2.05, 4.69) is 52.1 Å². The van der Waals surface area contributed by atoms with Crippen LogP contribution in [-0.2, 0) is 0 Å². The molecule has 0 bridgehead atoms. The van der Waals surface area contributed by atoms with E-state index in [0.29, 0.717) is 0 Å². The van der Waals surface area contributed by atoms with Crippen LogP contribution < -0.4 is 0 Å². The lowest BCUT2D eigenvalue weighted by Crippen LogP contribution is -1.72. The van der Waals surface area contributed by atoms with E-state index in [1.54, 1.807) is 0 Å². The van der Waals surface area contributed by atoms with Crippen molar-refractivity contribution in [1.82, 2.24) is 0 Å². The van der Waals surface area contributed by atoms with Gasteiger partial charge in [-0.2, -0.15) is 0 Å². The van der Waals surface area contributed by atoms with E-state index >= 15 is 0 Å². The van der Waals surface area contributed by atoms with Crippen LogP contribution in [0.4, 0.5) is 0 Å². The van der Waals surface area contributed by atoms with Crippen LogP contribution in [0, 0.1) is 0 Å². The molecule has 0 spiro atoms. The predicted molar refractivity (Wildman–Crippen MR) is 57.6 cm³/mol. The SMILES string of the molecule is CC(I)SSCI. The zero-order valence-electron chi connectivity index (χ0n) is 3.86. The van der Waals surface area contributed by atoms with Crippen molar-refractivity contribution in [2.45, 2.75) is 10.2 Å². The van der Waals surface area contributed by atoms with Crippen LogP contribution in [0.3, 0.4) is 0 Å². The highest BCUT2D eigenvalue weighted by atomic mass is 127. The Labute approximate surface area is 79.6 Å². The maximum atomic E-state index is 2.40. The van der Waals surface area contributed by atoms with Crippen molar-refractivity contribution in [3.63, 3.8) is 0 Å². The molecule has 0 aromatic carbocycles. The van der Waals surface area contributed by atoms with Crippen LogP contribution in [0.25, 0.3) is 0 Å². The molecule has 0 aliphatic heterocycles. The van der Waals surface area contributed by atoms with Gasteiger partial charge in [0, 0.05) is 0 Å². The third kappa shape index (κ3) is 8.16. The minimum absolute atomic E-state index is 0.748. The fourth-order valence-electron chi connectivity index (χ4n) is 0.119. The summed E-state index contributed by atoms with van der Waals surface area (Å²) in [5.74, 6) is 0. The maximum Gasteiger partial charge on any atom is 0.0640 e. The van der Waals surface area contributed by atoms with Gasteiger partial charge in [0.1, 0.15) is 0 Å². The molecule has 4 heteroatoms. The zero-order valence-corrected chi connectivity index (χ0v) is 9.80. The topological polar surface area (TPSA) is 0 Å². The van der Waals surface area contributed by atoms with Gasteiger partial charge in [-0.3, -0.25) is 0 Å². The lowest BCUT2D eigenvalue weighted by molar-refractivity contribution is 1.49. The molecule has 0 rings (SSSR count). The molecule has 0 aliphatic carbocycles. The summed E-state index contributed by atoms with van der Waals surface area (Å²) in [5.41, 5.74) is 0. The molecule has 44 valence electrons. The van der Waals surface area contributed by atoms with E-state index in [4.69, 9.17) is 0 Å². The Morgan fingerprint density at radius 1 is 1.71 bits per heavy atom. The Bertz CT molecular complexity index is 39.9. The average molecular weight is 360 g/mol. The van der Waals surface area contributed by atoms with Gasteiger partial charge < -0.3 is 0 Å². The second kappa shape index (κ2) is 6.28. The van der Waals surface area contributed by atoms with Crippen LogP contribution >= 0.6 is 66.8 Å². The summed E-state index contributed by atoms with van der Waals surface area (Å²) in [6.07, 6.45) is 0. The molecule has 0 aromatic rings. The van der Waals surface area contributed by atoms with Crippen molar-refractivity contribution < 1.29 is 0 Å². The molecule has 0 aromatic heterocycles. The van der Waals surface area contributed by atoms with Gasteiger partial charge in [0.15, 0.2) is 0 Å². The molecule has 0 N–H and O–H groups in total. The van der Waals surface area contributed by atoms with Crippen LogP contribution in [0.2, 0.25) is 0 Å². The molecule has 0 amide bonds. The minimum Gasteiger partial charge on any atom is -0.0824 e. The molecule has 0 fully saturated rings. The number of halogens is 2. The van der Waals surface area contributed by atoms with E-state index < -0.39 is 0 Å². The van der Waals surface area contributed by atoms with Gasteiger partial charge in [-0.25, -0.2) is 0 Å². The number of hydrogen-bond acceptors (Lipinski definition) is 2.